The van der Waals surface area contributed by atoms with E-state index >= 15 is 0 Å². The van der Waals surface area contributed by atoms with Gasteiger partial charge >= 0.3 is 0 Å². The van der Waals surface area contributed by atoms with Crippen molar-refractivity contribution in [2.75, 3.05) is 0 Å². The minimum Gasteiger partial charge on any atom is -0.459 e. The van der Waals surface area contributed by atoms with Crippen LogP contribution in [0.1, 0.15) is 0 Å². The Morgan fingerprint density at radius 2 is 2.15 bits per heavy atom. The van der Waals surface area contributed by atoms with Crippen molar-refractivity contribution >= 4 is 22.6 Å². The predicted octanol–water partition coefficient (Wildman–Crippen LogP) is 2.59. The van der Waals surface area contributed by atoms with Crippen molar-refractivity contribution in [3.05, 3.63) is 45.5 Å². The molecule has 0 unspecified atom stereocenters. The fourth-order valence-corrected chi connectivity index (χ4v) is 1.32. The molecule has 2 aromatic rings. The topological polar surface area (TPSA) is 30.2 Å². The van der Waals surface area contributed by atoms with E-state index in [-0.39, 0.29) is 11.0 Å². The average molecular weight is 199 g/mol. The van der Waals surface area contributed by atoms with E-state index in [4.69, 9.17) is 16.0 Å². The summed E-state index contributed by atoms with van der Waals surface area (Å²) >= 11 is 5.73. The molecule has 1 heterocycles. The van der Waals surface area contributed by atoms with Crippen molar-refractivity contribution < 1.29 is 8.81 Å². The fraction of sp³-hybridized carbons (Fsp3) is 0. The maximum atomic E-state index is 12.7. The molecule has 0 saturated heterocycles. The van der Waals surface area contributed by atoms with Gasteiger partial charge in [-0.05, 0) is 12.1 Å². The number of hydrogen-bond donors (Lipinski definition) is 0. The van der Waals surface area contributed by atoms with E-state index in [0.29, 0.717) is 5.02 Å². The third kappa shape index (κ3) is 1.21. The first-order valence-corrected chi connectivity index (χ1v) is 3.93. The number of benzene rings is 1. The second kappa shape index (κ2) is 2.85. The highest BCUT2D eigenvalue weighted by Gasteiger charge is 2.07. The van der Waals surface area contributed by atoms with E-state index in [2.05, 4.69) is 0 Å². The minimum absolute atomic E-state index is 0.160. The second-order valence-corrected chi connectivity index (χ2v) is 2.94. The third-order valence-electron chi connectivity index (χ3n) is 1.71. The molecule has 0 N–H and O–H groups in total. The van der Waals surface area contributed by atoms with Crippen molar-refractivity contribution in [2.24, 2.45) is 0 Å². The molecule has 0 saturated carbocycles. The first-order chi connectivity index (χ1) is 6.20. The number of para-hydroxylation sites is 1. The van der Waals surface area contributed by atoms with Crippen LogP contribution >= 0.6 is 11.6 Å². The molecule has 0 aliphatic heterocycles. The summed E-state index contributed by atoms with van der Waals surface area (Å²) in [6.07, 6.45) is 0.760. The van der Waals surface area contributed by atoms with Crippen molar-refractivity contribution in [2.45, 2.75) is 0 Å². The summed E-state index contributed by atoms with van der Waals surface area (Å²) in [5.41, 5.74) is -0.473. The zero-order valence-corrected chi connectivity index (χ0v) is 7.14. The fourth-order valence-electron chi connectivity index (χ4n) is 1.10. The van der Waals surface area contributed by atoms with Crippen LogP contribution in [0.15, 0.2) is 33.7 Å². The van der Waals surface area contributed by atoms with Crippen LogP contribution in [0.3, 0.4) is 0 Å². The summed E-state index contributed by atoms with van der Waals surface area (Å²) in [4.78, 5) is 11.2. The van der Waals surface area contributed by atoms with Gasteiger partial charge in [0, 0.05) is 0 Å². The largest absolute Gasteiger partial charge is 0.459 e. The lowest BCUT2D eigenvalue weighted by Gasteiger charge is -1.97. The van der Waals surface area contributed by atoms with Crippen LogP contribution in [0.25, 0.3) is 11.0 Å². The lowest BCUT2D eigenvalue weighted by molar-refractivity contribution is 0.520. The molecule has 0 aliphatic rings. The Hall–Kier alpha value is -1.35. The summed E-state index contributed by atoms with van der Waals surface area (Å²) in [6, 6.07) is 4.61. The van der Waals surface area contributed by atoms with Gasteiger partial charge in [-0.3, -0.25) is 4.79 Å². The maximum absolute atomic E-state index is 12.7. The van der Waals surface area contributed by atoms with Crippen LogP contribution in [-0.4, -0.2) is 0 Å². The number of fused-ring (bicyclic) bond motifs is 1. The molecular weight excluding hydrogens is 195 g/mol. The van der Waals surface area contributed by atoms with Crippen LogP contribution in [-0.2, 0) is 0 Å². The number of rotatable bonds is 0. The molecule has 0 bridgehead atoms. The van der Waals surface area contributed by atoms with Gasteiger partial charge in [-0.25, -0.2) is 0 Å². The van der Waals surface area contributed by atoms with Crippen LogP contribution < -0.4 is 5.43 Å². The third-order valence-corrected chi connectivity index (χ3v) is 2.01. The standard InChI is InChI=1S/C9H4ClFO2/c10-6-3-1-2-5-8(12)7(11)4-13-9(5)6/h1-4H. The van der Waals surface area contributed by atoms with E-state index in [1.54, 1.807) is 12.1 Å². The molecule has 66 valence electrons. The van der Waals surface area contributed by atoms with E-state index in [1.807, 2.05) is 0 Å². The summed E-state index contributed by atoms with van der Waals surface area (Å²) in [5.74, 6) is -0.908. The molecule has 13 heavy (non-hydrogen) atoms. The summed E-state index contributed by atoms with van der Waals surface area (Å²) in [5, 5.41) is 0.460. The Bertz CT molecular complexity index is 518. The van der Waals surface area contributed by atoms with Gasteiger partial charge in [-0.1, -0.05) is 17.7 Å². The van der Waals surface area contributed by atoms with Gasteiger partial charge in [0.1, 0.15) is 6.26 Å². The lowest BCUT2D eigenvalue weighted by atomic mass is 10.2. The Morgan fingerprint density at radius 1 is 1.38 bits per heavy atom. The molecule has 0 radical (unpaired) electrons. The Kier molecular flexibility index (Phi) is 1.81. The highest BCUT2D eigenvalue weighted by Crippen LogP contribution is 2.20. The summed E-state index contributed by atoms with van der Waals surface area (Å²) < 4.78 is 17.6. The maximum Gasteiger partial charge on any atom is 0.228 e. The van der Waals surface area contributed by atoms with Gasteiger partial charge in [-0.15, -0.1) is 0 Å². The molecule has 1 aromatic carbocycles. The van der Waals surface area contributed by atoms with E-state index in [1.165, 1.54) is 6.07 Å². The van der Waals surface area contributed by atoms with Crippen molar-refractivity contribution in [1.29, 1.82) is 0 Å². The molecule has 2 rings (SSSR count). The molecule has 0 atom stereocenters. The smallest absolute Gasteiger partial charge is 0.228 e. The first-order valence-electron chi connectivity index (χ1n) is 3.55. The number of hydrogen-bond acceptors (Lipinski definition) is 2. The average Bonchev–Trinajstić information content (AvgIpc) is 2.12. The molecule has 2 nitrogen and oxygen atoms in total. The van der Waals surface area contributed by atoms with E-state index in [9.17, 15) is 9.18 Å². The minimum atomic E-state index is -0.908. The Labute approximate surface area is 77.5 Å². The molecule has 0 amide bonds. The Morgan fingerprint density at radius 3 is 2.92 bits per heavy atom. The van der Waals surface area contributed by atoms with Crippen LogP contribution in [0, 0.1) is 5.82 Å². The van der Waals surface area contributed by atoms with Gasteiger partial charge in [0.15, 0.2) is 5.58 Å². The molecular formula is C9H4ClFO2. The molecule has 0 fully saturated rings. The summed E-state index contributed by atoms with van der Waals surface area (Å²) in [6.45, 7) is 0. The zero-order chi connectivity index (χ0) is 9.42. The molecule has 1 aromatic heterocycles. The summed E-state index contributed by atoms with van der Waals surface area (Å²) in [7, 11) is 0. The molecule has 0 spiro atoms. The van der Waals surface area contributed by atoms with Crippen molar-refractivity contribution in [3.8, 4) is 0 Å². The van der Waals surface area contributed by atoms with E-state index < -0.39 is 11.2 Å². The molecule has 0 aliphatic carbocycles. The van der Waals surface area contributed by atoms with Gasteiger partial charge in [0.25, 0.3) is 0 Å². The van der Waals surface area contributed by atoms with Gasteiger partial charge < -0.3 is 4.42 Å². The SMILES string of the molecule is O=c1c(F)coc2c(Cl)cccc12. The predicted molar refractivity (Wildman–Crippen MR) is 47.5 cm³/mol. The zero-order valence-electron chi connectivity index (χ0n) is 6.38. The van der Waals surface area contributed by atoms with E-state index in [0.717, 1.165) is 6.26 Å². The van der Waals surface area contributed by atoms with Crippen LogP contribution in [0.2, 0.25) is 5.02 Å². The first kappa shape index (κ1) is 8.26. The highest BCUT2D eigenvalue weighted by molar-refractivity contribution is 6.34. The van der Waals surface area contributed by atoms with Gasteiger partial charge in [0.05, 0.1) is 10.4 Å². The molecule has 4 heteroatoms. The van der Waals surface area contributed by atoms with Crippen LogP contribution in [0.4, 0.5) is 4.39 Å². The number of halogens is 2. The lowest BCUT2D eigenvalue weighted by Crippen LogP contribution is -2.05. The monoisotopic (exact) mass is 198 g/mol. The normalized spacial score (nSPS) is 10.6. The van der Waals surface area contributed by atoms with Gasteiger partial charge in [0.2, 0.25) is 11.2 Å². The van der Waals surface area contributed by atoms with Crippen LogP contribution in [0.5, 0.6) is 0 Å². The highest BCUT2D eigenvalue weighted by atomic mass is 35.5. The van der Waals surface area contributed by atoms with Crippen molar-refractivity contribution in [1.82, 2.24) is 0 Å². The second-order valence-electron chi connectivity index (χ2n) is 2.53. The quantitative estimate of drug-likeness (QED) is 0.651. The van der Waals surface area contributed by atoms with Crippen molar-refractivity contribution in [3.63, 3.8) is 0 Å². The van der Waals surface area contributed by atoms with Gasteiger partial charge in [-0.2, -0.15) is 4.39 Å². The Balaban J connectivity index is 3.03.